The van der Waals surface area contributed by atoms with Gasteiger partial charge >= 0.3 is 0 Å². The number of hydrogen-bond donors (Lipinski definition) is 1. The Morgan fingerprint density at radius 1 is 0.967 bits per heavy atom. The van der Waals surface area contributed by atoms with E-state index in [9.17, 15) is 9.59 Å². The van der Waals surface area contributed by atoms with Gasteiger partial charge in [-0.3, -0.25) is 9.59 Å². The number of benzene rings is 2. The van der Waals surface area contributed by atoms with Crippen LogP contribution in [0.25, 0.3) is 0 Å². The van der Waals surface area contributed by atoms with Gasteiger partial charge in [-0.2, -0.15) is 0 Å². The summed E-state index contributed by atoms with van der Waals surface area (Å²) >= 11 is 11.8. The van der Waals surface area contributed by atoms with Gasteiger partial charge < -0.3 is 20.1 Å². The maximum atomic E-state index is 12.7. The third kappa shape index (κ3) is 6.28. The molecule has 0 radical (unpaired) electrons. The van der Waals surface area contributed by atoms with Gasteiger partial charge in [0.05, 0.1) is 6.61 Å². The Morgan fingerprint density at radius 3 is 2.10 bits per heavy atom. The predicted octanol–water partition coefficient (Wildman–Crippen LogP) is 3.94. The molecule has 1 heterocycles. The normalized spacial score (nSPS) is 18.7. The highest BCUT2D eigenvalue weighted by Crippen LogP contribution is 2.34. The molecule has 1 saturated heterocycles. The first kappa shape index (κ1) is 22.2. The van der Waals surface area contributed by atoms with Crippen molar-refractivity contribution in [3.63, 3.8) is 0 Å². The van der Waals surface area contributed by atoms with Crippen molar-refractivity contribution >= 4 is 35.0 Å². The van der Waals surface area contributed by atoms with Crippen molar-refractivity contribution in [2.24, 2.45) is 11.1 Å². The van der Waals surface area contributed by atoms with E-state index in [1.165, 1.54) is 0 Å². The lowest BCUT2D eigenvalue weighted by atomic mass is 9.77. The van der Waals surface area contributed by atoms with Gasteiger partial charge in [0.15, 0.2) is 6.61 Å². The molecule has 1 aliphatic heterocycles. The number of primary amides is 1. The average molecular weight is 451 g/mol. The van der Waals surface area contributed by atoms with Crippen molar-refractivity contribution in [3.8, 4) is 11.5 Å². The van der Waals surface area contributed by atoms with Crippen LogP contribution in [0.3, 0.4) is 0 Å². The fourth-order valence-electron chi connectivity index (χ4n) is 3.64. The quantitative estimate of drug-likeness (QED) is 0.660. The van der Waals surface area contributed by atoms with Crippen LogP contribution in [0.2, 0.25) is 10.0 Å². The fourth-order valence-corrected chi connectivity index (χ4v) is 3.89. The summed E-state index contributed by atoms with van der Waals surface area (Å²) in [6.45, 7) is 1.17. The molecule has 1 atom stereocenters. The number of nitrogens with two attached hydrogens (primary N) is 1. The van der Waals surface area contributed by atoms with Gasteiger partial charge in [-0.25, -0.2) is 0 Å². The van der Waals surface area contributed by atoms with Crippen molar-refractivity contribution in [2.45, 2.75) is 19.3 Å². The molecule has 2 aromatic carbocycles. The Bertz CT molecular complexity index is 874. The molecule has 0 aromatic heterocycles. The van der Waals surface area contributed by atoms with Crippen LogP contribution in [-0.4, -0.2) is 43.0 Å². The Hall–Kier alpha value is -2.44. The first-order valence-electron chi connectivity index (χ1n) is 9.68. The van der Waals surface area contributed by atoms with Crippen molar-refractivity contribution < 1.29 is 19.1 Å². The number of likely N-dealkylation sites (tertiary alicyclic amines) is 1. The van der Waals surface area contributed by atoms with Crippen molar-refractivity contribution in [3.05, 3.63) is 58.6 Å². The summed E-state index contributed by atoms with van der Waals surface area (Å²) in [5, 5.41) is 1.21. The summed E-state index contributed by atoms with van der Waals surface area (Å²) in [6, 6.07) is 13.8. The second-order valence-corrected chi connectivity index (χ2v) is 8.42. The molecule has 2 N–H and O–H groups in total. The summed E-state index contributed by atoms with van der Waals surface area (Å²) in [6.07, 6.45) is 1.64. The first-order chi connectivity index (χ1) is 14.3. The molecule has 0 unspecified atom stereocenters. The molecule has 0 saturated carbocycles. The number of hydrogen-bond acceptors (Lipinski definition) is 4. The number of nitrogens with zero attached hydrogens (tertiary/aromatic N) is 1. The number of carbonyl (C=O) groups is 2. The minimum atomic E-state index is -0.542. The highest BCUT2D eigenvalue weighted by Gasteiger charge is 2.39. The fraction of sp³-hybridized carbons (Fsp3) is 0.364. The van der Waals surface area contributed by atoms with E-state index in [-0.39, 0.29) is 25.5 Å². The number of ether oxygens (including phenoxy) is 2. The SMILES string of the molecule is NC(=O)C[C@@]1(COc2ccc(Cl)cc2)CCCN(C(=O)COc2ccc(Cl)cc2)C1. The maximum Gasteiger partial charge on any atom is 0.260 e. The molecule has 2 amide bonds. The monoisotopic (exact) mass is 450 g/mol. The van der Waals surface area contributed by atoms with Gasteiger partial charge in [0.25, 0.3) is 5.91 Å². The zero-order valence-corrected chi connectivity index (χ0v) is 18.0. The summed E-state index contributed by atoms with van der Waals surface area (Å²) in [4.78, 5) is 26.2. The molecular formula is C22H24Cl2N2O4. The molecule has 6 nitrogen and oxygen atoms in total. The maximum absolute atomic E-state index is 12.7. The second kappa shape index (κ2) is 10.0. The Labute approximate surface area is 185 Å². The summed E-state index contributed by atoms with van der Waals surface area (Å²) in [5.41, 5.74) is 4.97. The lowest BCUT2D eigenvalue weighted by Crippen LogP contribution is -2.51. The van der Waals surface area contributed by atoms with Gasteiger partial charge in [0.1, 0.15) is 11.5 Å². The van der Waals surface area contributed by atoms with Crippen molar-refractivity contribution in [1.82, 2.24) is 4.90 Å². The van der Waals surface area contributed by atoms with E-state index in [1.807, 2.05) is 0 Å². The highest BCUT2D eigenvalue weighted by atomic mass is 35.5. The molecule has 1 fully saturated rings. The third-order valence-electron chi connectivity index (χ3n) is 5.10. The summed E-state index contributed by atoms with van der Waals surface area (Å²) in [5.74, 6) is 0.656. The van der Waals surface area contributed by atoms with Crippen molar-refractivity contribution in [1.29, 1.82) is 0 Å². The molecular weight excluding hydrogens is 427 g/mol. The van der Waals surface area contributed by atoms with E-state index in [1.54, 1.807) is 53.4 Å². The molecule has 160 valence electrons. The minimum Gasteiger partial charge on any atom is -0.493 e. The first-order valence-corrected chi connectivity index (χ1v) is 10.4. The lowest BCUT2D eigenvalue weighted by Gasteiger charge is -2.42. The number of piperidine rings is 1. The van der Waals surface area contributed by atoms with Crippen LogP contribution >= 0.6 is 23.2 Å². The van der Waals surface area contributed by atoms with Crippen LogP contribution in [0.5, 0.6) is 11.5 Å². The van der Waals surface area contributed by atoms with E-state index in [0.717, 1.165) is 12.8 Å². The van der Waals surface area contributed by atoms with Crippen molar-refractivity contribution in [2.75, 3.05) is 26.3 Å². The van der Waals surface area contributed by atoms with E-state index in [0.29, 0.717) is 34.6 Å². The summed E-state index contributed by atoms with van der Waals surface area (Å²) < 4.78 is 11.5. The number of carbonyl (C=O) groups excluding carboxylic acids is 2. The Balaban J connectivity index is 1.63. The third-order valence-corrected chi connectivity index (χ3v) is 5.60. The number of rotatable bonds is 8. The number of halogens is 2. The van der Waals surface area contributed by atoms with E-state index in [2.05, 4.69) is 0 Å². The van der Waals surface area contributed by atoms with E-state index < -0.39 is 11.3 Å². The van der Waals surface area contributed by atoms with Crippen LogP contribution in [0, 0.1) is 5.41 Å². The van der Waals surface area contributed by atoms with Gasteiger partial charge in [-0.05, 0) is 61.4 Å². The predicted molar refractivity (Wildman–Crippen MR) is 116 cm³/mol. The lowest BCUT2D eigenvalue weighted by molar-refractivity contribution is -0.139. The number of amides is 2. The van der Waals surface area contributed by atoms with Gasteiger partial charge in [0, 0.05) is 35.0 Å². The smallest absolute Gasteiger partial charge is 0.260 e. The van der Waals surface area contributed by atoms with Crippen LogP contribution < -0.4 is 15.2 Å². The Morgan fingerprint density at radius 2 is 1.53 bits per heavy atom. The van der Waals surface area contributed by atoms with Crippen LogP contribution in [0.1, 0.15) is 19.3 Å². The molecule has 3 rings (SSSR count). The summed E-state index contributed by atoms with van der Waals surface area (Å²) in [7, 11) is 0. The zero-order chi connectivity index (χ0) is 21.6. The standard InChI is InChI=1S/C22H24Cl2N2O4/c23-16-2-6-18(7-3-16)29-13-21(28)26-11-1-10-22(14-26,12-20(25)27)15-30-19-8-4-17(24)5-9-19/h2-9H,1,10-15H2,(H2,25,27)/t22-/m0/s1. The average Bonchev–Trinajstić information content (AvgIpc) is 2.72. The topological polar surface area (TPSA) is 81.9 Å². The van der Waals surface area contributed by atoms with Gasteiger partial charge in [-0.1, -0.05) is 23.2 Å². The van der Waals surface area contributed by atoms with Crippen LogP contribution in [0.4, 0.5) is 0 Å². The molecule has 8 heteroatoms. The van der Waals surface area contributed by atoms with Crippen LogP contribution in [0.15, 0.2) is 48.5 Å². The molecule has 0 aliphatic carbocycles. The Kier molecular flexibility index (Phi) is 7.45. The second-order valence-electron chi connectivity index (χ2n) is 7.55. The largest absolute Gasteiger partial charge is 0.493 e. The zero-order valence-electron chi connectivity index (χ0n) is 16.5. The van der Waals surface area contributed by atoms with Gasteiger partial charge in [0.2, 0.25) is 5.91 Å². The molecule has 1 aliphatic rings. The van der Waals surface area contributed by atoms with E-state index in [4.69, 9.17) is 38.4 Å². The molecule has 2 aromatic rings. The molecule has 30 heavy (non-hydrogen) atoms. The van der Waals surface area contributed by atoms with Crippen LogP contribution in [-0.2, 0) is 9.59 Å². The highest BCUT2D eigenvalue weighted by molar-refractivity contribution is 6.30. The molecule has 0 bridgehead atoms. The van der Waals surface area contributed by atoms with E-state index >= 15 is 0 Å². The van der Waals surface area contributed by atoms with Gasteiger partial charge in [-0.15, -0.1) is 0 Å². The molecule has 0 spiro atoms. The minimum absolute atomic E-state index is 0.0909.